The molecule has 1 aromatic heterocycles. The summed E-state index contributed by atoms with van der Waals surface area (Å²) >= 11 is 0. The molecule has 98 valence electrons. The van der Waals surface area contributed by atoms with E-state index in [2.05, 4.69) is 5.10 Å². The van der Waals surface area contributed by atoms with Crippen LogP contribution in [0, 0.1) is 0 Å². The highest BCUT2D eigenvalue weighted by atomic mass is 16.5. The molecule has 0 aliphatic heterocycles. The van der Waals surface area contributed by atoms with Gasteiger partial charge in [-0.1, -0.05) is 0 Å². The van der Waals surface area contributed by atoms with Crippen LogP contribution in [0.25, 0.3) is 6.08 Å². The van der Waals surface area contributed by atoms with E-state index >= 15 is 0 Å². The van der Waals surface area contributed by atoms with Gasteiger partial charge in [0.25, 0.3) is 0 Å². The molecule has 6 heteroatoms. The SMILES string of the molecule is CCOC(=O)CN(C)C(=O)C=Cc1cnn(C)c1. The van der Waals surface area contributed by atoms with E-state index < -0.39 is 5.97 Å². The normalized spacial score (nSPS) is 10.6. The minimum atomic E-state index is -0.414. The molecule has 1 amide bonds. The van der Waals surface area contributed by atoms with Gasteiger partial charge in [0, 0.05) is 31.9 Å². The summed E-state index contributed by atoms with van der Waals surface area (Å²) < 4.78 is 6.40. The van der Waals surface area contributed by atoms with Crippen molar-refractivity contribution in [2.75, 3.05) is 20.2 Å². The lowest BCUT2D eigenvalue weighted by Gasteiger charge is -2.13. The molecule has 6 nitrogen and oxygen atoms in total. The van der Waals surface area contributed by atoms with Crippen molar-refractivity contribution in [2.24, 2.45) is 7.05 Å². The number of carbonyl (C=O) groups excluding carboxylic acids is 2. The Balaban J connectivity index is 2.49. The summed E-state index contributed by atoms with van der Waals surface area (Å²) in [5.74, 6) is -0.671. The van der Waals surface area contributed by atoms with E-state index in [-0.39, 0.29) is 12.5 Å². The van der Waals surface area contributed by atoms with E-state index in [9.17, 15) is 9.59 Å². The third-order valence-corrected chi connectivity index (χ3v) is 2.19. The molecule has 18 heavy (non-hydrogen) atoms. The summed E-state index contributed by atoms with van der Waals surface area (Å²) in [7, 11) is 3.35. The van der Waals surface area contributed by atoms with Gasteiger partial charge in [-0.2, -0.15) is 5.10 Å². The molecule has 0 aliphatic carbocycles. The zero-order valence-corrected chi connectivity index (χ0v) is 10.8. The van der Waals surface area contributed by atoms with Gasteiger partial charge in [0.15, 0.2) is 0 Å². The van der Waals surface area contributed by atoms with Crippen LogP contribution in [0.4, 0.5) is 0 Å². The van der Waals surface area contributed by atoms with Crippen molar-refractivity contribution in [3.05, 3.63) is 24.0 Å². The van der Waals surface area contributed by atoms with Crippen molar-refractivity contribution in [1.82, 2.24) is 14.7 Å². The predicted molar refractivity (Wildman–Crippen MR) is 66.5 cm³/mol. The lowest BCUT2D eigenvalue weighted by Crippen LogP contribution is -2.31. The predicted octanol–water partition coefficient (Wildman–Crippen LogP) is 0.455. The van der Waals surface area contributed by atoms with Gasteiger partial charge in [-0.25, -0.2) is 0 Å². The topological polar surface area (TPSA) is 64.4 Å². The summed E-state index contributed by atoms with van der Waals surface area (Å²) in [5.41, 5.74) is 0.829. The van der Waals surface area contributed by atoms with Crippen LogP contribution >= 0.6 is 0 Å². The third kappa shape index (κ3) is 4.40. The molecule has 0 N–H and O–H groups in total. The summed E-state index contributed by atoms with van der Waals surface area (Å²) in [6, 6.07) is 0. The largest absolute Gasteiger partial charge is 0.465 e. The maximum absolute atomic E-state index is 11.7. The third-order valence-electron chi connectivity index (χ3n) is 2.19. The first-order valence-corrected chi connectivity index (χ1v) is 5.60. The average molecular weight is 251 g/mol. The zero-order chi connectivity index (χ0) is 13.5. The molecule has 0 aromatic carbocycles. The van der Waals surface area contributed by atoms with Crippen LogP contribution in [-0.4, -0.2) is 46.8 Å². The van der Waals surface area contributed by atoms with E-state index in [1.165, 1.54) is 11.0 Å². The second kappa shape index (κ2) is 6.58. The van der Waals surface area contributed by atoms with Gasteiger partial charge in [-0.3, -0.25) is 14.3 Å². The molecule has 0 bridgehead atoms. The Morgan fingerprint density at radius 3 is 2.83 bits per heavy atom. The highest BCUT2D eigenvalue weighted by molar-refractivity contribution is 5.93. The van der Waals surface area contributed by atoms with Gasteiger partial charge in [0.1, 0.15) is 6.54 Å². The van der Waals surface area contributed by atoms with Crippen molar-refractivity contribution < 1.29 is 14.3 Å². The number of rotatable bonds is 5. The van der Waals surface area contributed by atoms with E-state index in [1.54, 1.807) is 44.2 Å². The molecule has 0 aliphatic rings. The molecule has 1 aromatic rings. The van der Waals surface area contributed by atoms with E-state index in [4.69, 9.17) is 4.74 Å². The van der Waals surface area contributed by atoms with Gasteiger partial charge in [-0.05, 0) is 13.0 Å². The molecule has 1 heterocycles. The quantitative estimate of drug-likeness (QED) is 0.563. The number of ether oxygens (including phenoxy) is 1. The zero-order valence-electron chi connectivity index (χ0n) is 10.8. The van der Waals surface area contributed by atoms with Crippen LogP contribution < -0.4 is 0 Å². The van der Waals surface area contributed by atoms with Crippen LogP contribution in [0.1, 0.15) is 12.5 Å². The van der Waals surface area contributed by atoms with E-state index in [0.717, 1.165) is 5.56 Å². The van der Waals surface area contributed by atoms with Gasteiger partial charge >= 0.3 is 5.97 Å². The molecular formula is C12H17N3O3. The Labute approximate surface area is 106 Å². The van der Waals surface area contributed by atoms with Crippen molar-refractivity contribution in [1.29, 1.82) is 0 Å². The second-order valence-corrected chi connectivity index (χ2v) is 3.78. The number of carbonyl (C=O) groups is 2. The Hall–Kier alpha value is -2.11. The van der Waals surface area contributed by atoms with Gasteiger partial charge in [0.05, 0.1) is 12.8 Å². The van der Waals surface area contributed by atoms with Crippen LogP contribution in [0.15, 0.2) is 18.5 Å². The molecule has 0 saturated carbocycles. The number of hydrogen-bond acceptors (Lipinski definition) is 4. The minimum absolute atomic E-state index is 0.0515. The Bertz CT molecular complexity index is 451. The highest BCUT2D eigenvalue weighted by Crippen LogP contribution is 2.00. The number of hydrogen-bond donors (Lipinski definition) is 0. The van der Waals surface area contributed by atoms with Crippen molar-refractivity contribution >= 4 is 18.0 Å². The van der Waals surface area contributed by atoms with Crippen LogP contribution in [-0.2, 0) is 21.4 Å². The van der Waals surface area contributed by atoms with Gasteiger partial charge in [0.2, 0.25) is 5.91 Å². The maximum Gasteiger partial charge on any atom is 0.325 e. The highest BCUT2D eigenvalue weighted by Gasteiger charge is 2.10. The van der Waals surface area contributed by atoms with Crippen LogP contribution in [0.2, 0.25) is 0 Å². The first-order chi connectivity index (χ1) is 8.52. The molecule has 0 spiro atoms. The lowest BCUT2D eigenvalue weighted by molar-refractivity contribution is -0.146. The summed E-state index contributed by atoms with van der Waals surface area (Å²) in [4.78, 5) is 24.1. The Morgan fingerprint density at radius 2 is 2.28 bits per heavy atom. The summed E-state index contributed by atoms with van der Waals surface area (Å²) in [5, 5.41) is 3.98. The Kier molecular flexibility index (Phi) is 5.10. The number of esters is 1. The fourth-order valence-corrected chi connectivity index (χ4v) is 1.30. The van der Waals surface area contributed by atoms with Gasteiger partial charge < -0.3 is 9.64 Å². The molecule has 0 saturated heterocycles. The average Bonchev–Trinajstić information content (AvgIpc) is 2.72. The number of nitrogens with zero attached hydrogens (tertiary/aromatic N) is 3. The summed E-state index contributed by atoms with van der Waals surface area (Å²) in [6.45, 7) is 1.98. The number of likely N-dealkylation sites (N-methyl/N-ethyl adjacent to an activating group) is 1. The standard InChI is InChI=1S/C12H17N3O3/c1-4-18-12(17)9-14(2)11(16)6-5-10-7-13-15(3)8-10/h5-8H,4,9H2,1-3H3. The minimum Gasteiger partial charge on any atom is -0.465 e. The molecule has 1 rings (SSSR count). The van der Waals surface area contributed by atoms with Crippen LogP contribution in [0.3, 0.4) is 0 Å². The van der Waals surface area contributed by atoms with E-state index in [0.29, 0.717) is 6.61 Å². The van der Waals surface area contributed by atoms with Gasteiger partial charge in [-0.15, -0.1) is 0 Å². The number of aryl methyl sites for hydroxylation is 1. The molecule has 0 fully saturated rings. The molecule has 0 radical (unpaired) electrons. The second-order valence-electron chi connectivity index (χ2n) is 3.78. The lowest BCUT2D eigenvalue weighted by atomic mass is 10.3. The molecule has 0 unspecified atom stereocenters. The summed E-state index contributed by atoms with van der Waals surface area (Å²) in [6.07, 6.45) is 6.48. The molecule has 0 atom stereocenters. The van der Waals surface area contributed by atoms with Crippen LogP contribution in [0.5, 0.6) is 0 Å². The van der Waals surface area contributed by atoms with Crippen molar-refractivity contribution in [2.45, 2.75) is 6.92 Å². The fourth-order valence-electron chi connectivity index (χ4n) is 1.30. The number of amides is 1. The Morgan fingerprint density at radius 1 is 1.56 bits per heavy atom. The first kappa shape index (κ1) is 14.0. The monoisotopic (exact) mass is 251 g/mol. The van der Waals surface area contributed by atoms with E-state index in [1.807, 2.05) is 0 Å². The first-order valence-electron chi connectivity index (χ1n) is 5.60. The number of aromatic nitrogens is 2. The fraction of sp³-hybridized carbons (Fsp3) is 0.417. The van der Waals surface area contributed by atoms with Crippen molar-refractivity contribution in [3.63, 3.8) is 0 Å². The molecular weight excluding hydrogens is 234 g/mol. The maximum atomic E-state index is 11.7. The van der Waals surface area contributed by atoms with Crippen molar-refractivity contribution in [3.8, 4) is 0 Å². The smallest absolute Gasteiger partial charge is 0.325 e.